The number of rotatable bonds is 5. The number of aliphatic hydroxyl groups is 1. The molecule has 0 aliphatic heterocycles. The molecule has 114 valence electrons. The third-order valence-corrected chi connectivity index (χ3v) is 3.40. The molecule has 23 heavy (non-hydrogen) atoms. The lowest BCUT2D eigenvalue weighted by atomic mass is 10.1. The summed E-state index contributed by atoms with van der Waals surface area (Å²) in [6.45, 7) is -0.00784. The maximum Gasteiger partial charge on any atom is 0.227 e. The average molecular weight is 305 g/mol. The first-order valence-corrected chi connectivity index (χ1v) is 7.13. The fourth-order valence-electron chi connectivity index (χ4n) is 2.17. The number of hydrogen-bond acceptors (Lipinski definition) is 5. The number of benzene rings is 2. The molecule has 0 fully saturated rings. The number of hydrogen-bond donors (Lipinski definition) is 2. The van der Waals surface area contributed by atoms with E-state index in [2.05, 4.69) is 15.3 Å². The smallest absolute Gasteiger partial charge is 0.227 e. The van der Waals surface area contributed by atoms with Crippen LogP contribution in [0.5, 0.6) is 0 Å². The van der Waals surface area contributed by atoms with Crippen LogP contribution in [-0.2, 0) is 6.61 Å². The number of nitrogens with zero attached hydrogens (tertiary/aromatic N) is 2. The highest BCUT2D eigenvalue weighted by Crippen LogP contribution is 2.20. The quantitative estimate of drug-likeness (QED) is 0.708. The number of aldehydes is 1. The predicted molar refractivity (Wildman–Crippen MR) is 88.5 cm³/mol. The molecule has 1 aromatic heterocycles. The molecule has 0 saturated carbocycles. The summed E-state index contributed by atoms with van der Waals surface area (Å²) >= 11 is 0. The summed E-state index contributed by atoms with van der Waals surface area (Å²) in [5.74, 6) is 0.480. The van der Waals surface area contributed by atoms with Gasteiger partial charge >= 0.3 is 0 Å². The van der Waals surface area contributed by atoms with E-state index in [-0.39, 0.29) is 6.61 Å². The van der Waals surface area contributed by atoms with Crippen molar-refractivity contribution < 1.29 is 9.90 Å². The molecule has 0 bridgehead atoms. The number of nitrogens with one attached hydrogen (secondary N) is 1. The molecule has 2 aromatic carbocycles. The van der Waals surface area contributed by atoms with E-state index in [0.717, 1.165) is 28.7 Å². The molecule has 0 radical (unpaired) electrons. The number of carbonyl (C=O) groups excluding carboxylic acids is 1. The van der Waals surface area contributed by atoms with Crippen molar-refractivity contribution in [3.05, 3.63) is 72.1 Å². The second-order valence-electron chi connectivity index (χ2n) is 5.02. The lowest BCUT2D eigenvalue weighted by Gasteiger charge is -2.07. The minimum absolute atomic E-state index is 0.00784. The molecule has 5 nitrogen and oxygen atoms in total. The van der Waals surface area contributed by atoms with Crippen molar-refractivity contribution in [3.63, 3.8) is 0 Å². The first kappa shape index (κ1) is 14.9. The van der Waals surface area contributed by atoms with Gasteiger partial charge in [-0.2, -0.15) is 0 Å². The molecular weight excluding hydrogens is 290 g/mol. The third-order valence-electron chi connectivity index (χ3n) is 3.40. The predicted octanol–water partition coefficient (Wildman–Crippen LogP) is 3.19. The second-order valence-corrected chi connectivity index (χ2v) is 5.02. The Hall–Kier alpha value is -3.05. The van der Waals surface area contributed by atoms with E-state index in [1.165, 1.54) is 0 Å². The van der Waals surface area contributed by atoms with E-state index >= 15 is 0 Å². The first-order chi connectivity index (χ1) is 11.3. The zero-order valence-corrected chi connectivity index (χ0v) is 12.3. The van der Waals surface area contributed by atoms with Gasteiger partial charge in [-0.05, 0) is 23.3 Å². The van der Waals surface area contributed by atoms with Crippen molar-refractivity contribution >= 4 is 17.9 Å². The molecule has 3 rings (SSSR count). The first-order valence-electron chi connectivity index (χ1n) is 7.13. The Bertz CT molecular complexity index is 799. The lowest BCUT2D eigenvalue weighted by molar-refractivity contribution is 0.112. The molecule has 5 heteroatoms. The van der Waals surface area contributed by atoms with Crippen LogP contribution < -0.4 is 5.32 Å². The largest absolute Gasteiger partial charge is 0.392 e. The topological polar surface area (TPSA) is 75.1 Å². The van der Waals surface area contributed by atoms with Crippen LogP contribution in [0.25, 0.3) is 11.1 Å². The molecule has 0 atom stereocenters. The highest BCUT2D eigenvalue weighted by atomic mass is 16.3. The van der Waals surface area contributed by atoms with Gasteiger partial charge in [0.15, 0.2) is 0 Å². The standard InChI is InChI=1S/C18H15N3O2/c22-11-13-4-6-15(7-5-13)16-9-19-18(20-10-16)21-17-3-1-2-14(8-17)12-23/h1-11,23H,12H2,(H,19,20,21). The molecular formula is C18H15N3O2. The van der Waals surface area contributed by atoms with Gasteiger partial charge in [-0.25, -0.2) is 9.97 Å². The third kappa shape index (κ3) is 3.59. The number of aliphatic hydroxyl groups excluding tert-OH is 1. The zero-order valence-electron chi connectivity index (χ0n) is 12.3. The van der Waals surface area contributed by atoms with Crippen LogP contribution in [0.15, 0.2) is 60.9 Å². The van der Waals surface area contributed by atoms with Crippen molar-refractivity contribution in [2.24, 2.45) is 0 Å². The van der Waals surface area contributed by atoms with E-state index in [4.69, 9.17) is 5.11 Å². The van der Waals surface area contributed by atoms with Crippen LogP contribution in [0.4, 0.5) is 11.6 Å². The van der Waals surface area contributed by atoms with Crippen LogP contribution in [0, 0.1) is 0 Å². The van der Waals surface area contributed by atoms with Crippen LogP contribution in [0.3, 0.4) is 0 Å². The SMILES string of the molecule is O=Cc1ccc(-c2cnc(Nc3cccc(CO)c3)nc2)cc1. The summed E-state index contributed by atoms with van der Waals surface area (Å²) in [5.41, 5.74) is 4.10. The molecule has 0 spiro atoms. The Labute approximate surface area is 133 Å². The maximum absolute atomic E-state index is 10.7. The summed E-state index contributed by atoms with van der Waals surface area (Å²) in [6, 6.07) is 14.7. The van der Waals surface area contributed by atoms with Gasteiger partial charge in [-0.1, -0.05) is 36.4 Å². The maximum atomic E-state index is 10.7. The molecule has 0 amide bonds. The van der Waals surface area contributed by atoms with Gasteiger partial charge in [0.25, 0.3) is 0 Å². The summed E-state index contributed by atoms with van der Waals surface area (Å²) in [4.78, 5) is 19.3. The van der Waals surface area contributed by atoms with Gasteiger partial charge in [-0.15, -0.1) is 0 Å². The highest BCUT2D eigenvalue weighted by Gasteiger charge is 2.02. The molecule has 3 aromatic rings. The van der Waals surface area contributed by atoms with Gasteiger partial charge in [-0.3, -0.25) is 4.79 Å². The Morgan fingerprint density at radius 1 is 1.00 bits per heavy atom. The van der Waals surface area contributed by atoms with Crippen LogP contribution in [0.1, 0.15) is 15.9 Å². The number of anilines is 2. The molecule has 0 aliphatic carbocycles. The fraction of sp³-hybridized carbons (Fsp3) is 0.0556. The van der Waals surface area contributed by atoms with Gasteiger partial charge in [0.1, 0.15) is 6.29 Å². The normalized spacial score (nSPS) is 10.3. The molecule has 0 saturated heterocycles. The van der Waals surface area contributed by atoms with Crippen LogP contribution in [0.2, 0.25) is 0 Å². The van der Waals surface area contributed by atoms with E-state index < -0.39 is 0 Å². The Kier molecular flexibility index (Phi) is 4.40. The van der Waals surface area contributed by atoms with Crippen molar-refractivity contribution in [2.75, 3.05) is 5.32 Å². The second kappa shape index (κ2) is 6.81. The van der Waals surface area contributed by atoms with Gasteiger partial charge in [0.2, 0.25) is 5.95 Å². The van der Waals surface area contributed by atoms with E-state index in [1.807, 2.05) is 36.4 Å². The van der Waals surface area contributed by atoms with Crippen molar-refractivity contribution in [2.45, 2.75) is 6.61 Å². The van der Waals surface area contributed by atoms with Crippen LogP contribution >= 0.6 is 0 Å². The van der Waals surface area contributed by atoms with Crippen molar-refractivity contribution in [3.8, 4) is 11.1 Å². The summed E-state index contributed by atoms with van der Waals surface area (Å²) in [6.07, 6.45) is 4.26. The van der Waals surface area contributed by atoms with Gasteiger partial charge in [0, 0.05) is 29.2 Å². The molecule has 0 aliphatic rings. The Balaban J connectivity index is 1.76. The van der Waals surface area contributed by atoms with E-state index in [9.17, 15) is 4.79 Å². The highest BCUT2D eigenvalue weighted by molar-refractivity contribution is 5.76. The number of carbonyl (C=O) groups is 1. The minimum atomic E-state index is -0.00784. The lowest BCUT2D eigenvalue weighted by Crippen LogP contribution is -1.97. The van der Waals surface area contributed by atoms with Crippen LogP contribution in [-0.4, -0.2) is 21.4 Å². The van der Waals surface area contributed by atoms with E-state index in [1.54, 1.807) is 24.5 Å². The van der Waals surface area contributed by atoms with E-state index in [0.29, 0.717) is 11.5 Å². The van der Waals surface area contributed by atoms with Gasteiger partial charge in [0.05, 0.1) is 6.61 Å². The molecule has 0 unspecified atom stereocenters. The van der Waals surface area contributed by atoms with Gasteiger partial charge < -0.3 is 10.4 Å². The van der Waals surface area contributed by atoms with Crippen molar-refractivity contribution in [1.82, 2.24) is 9.97 Å². The summed E-state index contributed by atoms with van der Waals surface area (Å²) < 4.78 is 0. The Morgan fingerprint density at radius 2 is 1.74 bits per heavy atom. The molecule has 1 heterocycles. The minimum Gasteiger partial charge on any atom is -0.392 e. The van der Waals surface area contributed by atoms with Crippen molar-refractivity contribution in [1.29, 1.82) is 0 Å². The summed E-state index contributed by atoms with van der Waals surface area (Å²) in [5, 5.41) is 12.2. The summed E-state index contributed by atoms with van der Waals surface area (Å²) in [7, 11) is 0. The average Bonchev–Trinajstić information content (AvgIpc) is 2.63. The zero-order chi connectivity index (χ0) is 16.1. The fourth-order valence-corrected chi connectivity index (χ4v) is 2.17. The molecule has 2 N–H and O–H groups in total. The Morgan fingerprint density at radius 3 is 2.39 bits per heavy atom. The monoisotopic (exact) mass is 305 g/mol. The number of aromatic nitrogens is 2.